The lowest BCUT2D eigenvalue weighted by Gasteiger charge is -2.21. The van der Waals surface area contributed by atoms with Gasteiger partial charge in [0.2, 0.25) is 10.9 Å². The number of alkyl halides is 2. The summed E-state index contributed by atoms with van der Waals surface area (Å²) in [4.78, 5) is 10.6. The molecule has 0 amide bonds. The highest BCUT2D eigenvalue weighted by Crippen LogP contribution is 2.37. The van der Waals surface area contributed by atoms with Crippen molar-refractivity contribution in [3.8, 4) is 5.75 Å². The first-order valence-corrected chi connectivity index (χ1v) is 8.55. The van der Waals surface area contributed by atoms with Crippen molar-refractivity contribution in [2.24, 2.45) is 0 Å². The van der Waals surface area contributed by atoms with E-state index in [9.17, 15) is 18.9 Å². The molecule has 0 spiro atoms. The summed E-state index contributed by atoms with van der Waals surface area (Å²) in [6.45, 7) is -3.15. The molecular weight excluding hydrogens is 356 g/mol. The lowest BCUT2D eigenvalue weighted by Crippen LogP contribution is -2.15. The van der Waals surface area contributed by atoms with E-state index in [1.807, 2.05) is 0 Å². The third-order valence-corrected chi connectivity index (χ3v) is 4.88. The summed E-state index contributed by atoms with van der Waals surface area (Å²) in [7, 11) is 0. The number of nitrogens with zero attached hydrogens (tertiary/aromatic N) is 5. The molecule has 0 atom stereocenters. The van der Waals surface area contributed by atoms with Gasteiger partial charge in [-0.2, -0.15) is 8.78 Å². The fourth-order valence-electron chi connectivity index (χ4n) is 2.81. The normalized spacial score (nSPS) is 15.5. The molecular formula is C14H15F2N5O3S. The summed E-state index contributed by atoms with van der Waals surface area (Å²) in [6.07, 6.45) is 5.38. The van der Waals surface area contributed by atoms with Crippen LogP contribution >= 0.6 is 11.8 Å². The number of hydrogen-bond acceptors (Lipinski definition) is 7. The fraction of sp³-hybridized carbons (Fsp3) is 0.500. The molecule has 1 heterocycles. The molecule has 1 aromatic carbocycles. The van der Waals surface area contributed by atoms with E-state index in [1.54, 1.807) is 4.68 Å². The Morgan fingerprint density at radius 1 is 1.32 bits per heavy atom. The van der Waals surface area contributed by atoms with Crippen LogP contribution in [0.25, 0.3) is 0 Å². The second-order valence-electron chi connectivity index (χ2n) is 5.57. The number of halogens is 2. The van der Waals surface area contributed by atoms with Crippen molar-refractivity contribution in [1.29, 1.82) is 0 Å². The van der Waals surface area contributed by atoms with Crippen molar-refractivity contribution in [3.63, 3.8) is 0 Å². The maximum absolute atomic E-state index is 12.5. The number of hydrogen-bond donors (Lipinski definition) is 0. The second kappa shape index (κ2) is 7.72. The molecule has 0 bridgehead atoms. The first-order chi connectivity index (χ1) is 12.0. The van der Waals surface area contributed by atoms with Crippen LogP contribution in [-0.4, -0.2) is 31.7 Å². The van der Waals surface area contributed by atoms with Gasteiger partial charge in [-0.1, -0.05) is 19.3 Å². The van der Waals surface area contributed by atoms with Crippen LogP contribution in [0.5, 0.6) is 5.75 Å². The Balaban J connectivity index is 1.83. The minimum Gasteiger partial charge on any atom is -0.427 e. The summed E-state index contributed by atoms with van der Waals surface area (Å²) in [6, 6.07) is 4.01. The molecule has 2 aromatic rings. The van der Waals surface area contributed by atoms with Gasteiger partial charge >= 0.3 is 12.3 Å². The lowest BCUT2D eigenvalue weighted by atomic mass is 9.96. The second-order valence-corrected chi connectivity index (χ2v) is 6.61. The minimum absolute atomic E-state index is 0.209. The highest BCUT2D eigenvalue weighted by Gasteiger charge is 2.23. The van der Waals surface area contributed by atoms with Crippen LogP contribution < -0.4 is 4.74 Å². The fourth-order valence-corrected chi connectivity index (χ4v) is 3.68. The van der Waals surface area contributed by atoms with E-state index in [-0.39, 0.29) is 6.04 Å². The third kappa shape index (κ3) is 4.21. The summed E-state index contributed by atoms with van der Waals surface area (Å²) in [5.74, 6) is -0.485. The lowest BCUT2D eigenvalue weighted by molar-refractivity contribution is -0.386. The van der Waals surface area contributed by atoms with E-state index in [4.69, 9.17) is 0 Å². The van der Waals surface area contributed by atoms with Gasteiger partial charge in [-0.15, -0.1) is 5.10 Å². The number of ether oxygens (including phenoxy) is 1. The Labute approximate surface area is 145 Å². The maximum Gasteiger partial charge on any atom is 0.387 e. The molecule has 0 saturated heterocycles. The Bertz CT molecular complexity index is 752. The van der Waals surface area contributed by atoms with E-state index in [0.29, 0.717) is 10.1 Å². The number of rotatable bonds is 6. The van der Waals surface area contributed by atoms with Gasteiger partial charge in [-0.05, 0) is 41.1 Å². The van der Waals surface area contributed by atoms with Crippen LogP contribution in [0.4, 0.5) is 14.5 Å². The summed E-state index contributed by atoms with van der Waals surface area (Å²) >= 11 is 1.16. The van der Waals surface area contributed by atoms with Crippen molar-refractivity contribution >= 4 is 17.4 Å². The number of tetrazole rings is 1. The summed E-state index contributed by atoms with van der Waals surface area (Å²) in [5.41, 5.74) is -0.517. The molecule has 0 aliphatic heterocycles. The maximum atomic E-state index is 12.5. The van der Waals surface area contributed by atoms with Crippen LogP contribution in [0.3, 0.4) is 0 Å². The van der Waals surface area contributed by atoms with Crippen LogP contribution in [0.1, 0.15) is 38.1 Å². The average Bonchev–Trinajstić information content (AvgIpc) is 3.03. The molecule has 0 unspecified atom stereocenters. The van der Waals surface area contributed by atoms with E-state index in [2.05, 4.69) is 20.3 Å². The van der Waals surface area contributed by atoms with E-state index in [1.165, 1.54) is 18.6 Å². The largest absolute Gasteiger partial charge is 0.427 e. The monoisotopic (exact) mass is 371 g/mol. The molecule has 3 rings (SSSR count). The van der Waals surface area contributed by atoms with E-state index >= 15 is 0 Å². The van der Waals surface area contributed by atoms with E-state index < -0.39 is 23.0 Å². The van der Waals surface area contributed by atoms with E-state index in [0.717, 1.165) is 43.5 Å². The van der Waals surface area contributed by atoms with Gasteiger partial charge in [-0.25, -0.2) is 4.68 Å². The average molecular weight is 371 g/mol. The summed E-state index contributed by atoms with van der Waals surface area (Å²) in [5, 5.41) is 23.1. The zero-order valence-electron chi connectivity index (χ0n) is 13.0. The zero-order valence-corrected chi connectivity index (χ0v) is 13.9. The molecule has 11 heteroatoms. The number of aromatic nitrogens is 4. The first kappa shape index (κ1) is 17.5. The van der Waals surface area contributed by atoms with Crippen LogP contribution in [0.2, 0.25) is 0 Å². The van der Waals surface area contributed by atoms with Gasteiger partial charge in [0.05, 0.1) is 11.0 Å². The smallest absolute Gasteiger partial charge is 0.387 e. The van der Waals surface area contributed by atoms with Gasteiger partial charge in [0.25, 0.3) is 0 Å². The highest BCUT2D eigenvalue weighted by molar-refractivity contribution is 7.99. The zero-order chi connectivity index (χ0) is 17.8. The predicted molar refractivity (Wildman–Crippen MR) is 83.8 cm³/mol. The van der Waals surface area contributed by atoms with Gasteiger partial charge < -0.3 is 4.74 Å². The van der Waals surface area contributed by atoms with Crippen molar-refractivity contribution in [2.75, 3.05) is 0 Å². The summed E-state index contributed by atoms with van der Waals surface area (Å²) < 4.78 is 31.0. The Hall–Kier alpha value is -2.30. The number of nitro benzene ring substituents is 1. The molecule has 1 aliphatic carbocycles. The molecule has 0 N–H and O–H groups in total. The Morgan fingerprint density at radius 3 is 2.76 bits per heavy atom. The molecule has 25 heavy (non-hydrogen) atoms. The Kier molecular flexibility index (Phi) is 5.41. The van der Waals surface area contributed by atoms with Crippen LogP contribution in [0.15, 0.2) is 28.3 Å². The molecule has 134 valence electrons. The standard InChI is InChI=1S/C14H15F2N5O3S/c15-13(16)24-12-8-10(6-7-11(12)21(22)23)25-14-17-18-19-20(14)9-4-2-1-3-5-9/h6-9,13H,1-5H2. The van der Waals surface area contributed by atoms with Crippen molar-refractivity contribution in [2.45, 2.75) is 54.8 Å². The molecule has 0 radical (unpaired) electrons. The predicted octanol–water partition coefficient (Wildman–Crippen LogP) is 3.84. The first-order valence-electron chi connectivity index (χ1n) is 7.73. The third-order valence-electron chi connectivity index (χ3n) is 3.94. The molecule has 8 nitrogen and oxygen atoms in total. The molecule has 1 fully saturated rings. The number of nitro groups is 1. The van der Waals surface area contributed by atoms with Crippen LogP contribution in [-0.2, 0) is 0 Å². The van der Waals surface area contributed by atoms with Gasteiger partial charge in [-0.3, -0.25) is 10.1 Å². The molecule has 1 saturated carbocycles. The highest BCUT2D eigenvalue weighted by atomic mass is 32.2. The van der Waals surface area contributed by atoms with Crippen molar-refractivity contribution in [1.82, 2.24) is 20.2 Å². The molecule has 1 aromatic heterocycles. The minimum atomic E-state index is -3.15. The topological polar surface area (TPSA) is 96.0 Å². The van der Waals surface area contributed by atoms with Crippen molar-refractivity contribution < 1.29 is 18.4 Å². The number of benzene rings is 1. The van der Waals surface area contributed by atoms with Gasteiger partial charge in [0.15, 0.2) is 0 Å². The van der Waals surface area contributed by atoms with Gasteiger partial charge in [0.1, 0.15) is 0 Å². The van der Waals surface area contributed by atoms with Crippen LogP contribution in [0, 0.1) is 10.1 Å². The van der Waals surface area contributed by atoms with Gasteiger partial charge in [0, 0.05) is 17.0 Å². The Morgan fingerprint density at radius 2 is 2.08 bits per heavy atom. The molecule has 1 aliphatic rings. The van der Waals surface area contributed by atoms with Crippen molar-refractivity contribution in [3.05, 3.63) is 28.3 Å². The quantitative estimate of drug-likeness (QED) is 0.562. The SMILES string of the molecule is O=[N+]([O-])c1ccc(Sc2nnnn2C2CCCCC2)cc1OC(F)F.